The second kappa shape index (κ2) is 7.60. The number of hydrogen-bond acceptors (Lipinski definition) is 4. The van der Waals surface area contributed by atoms with Crippen LogP contribution in [0, 0.1) is 5.92 Å². The Morgan fingerprint density at radius 1 is 1.22 bits per heavy atom. The summed E-state index contributed by atoms with van der Waals surface area (Å²) in [6, 6.07) is 6.43. The van der Waals surface area contributed by atoms with Crippen LogP contribution in [-0.4, -0.2) is 18.2 Å². The van der Waals surface area contributed by atoms with E-state index in [4.69, 9.17) is 17.0 Å². The van der Waals surface area contributed by atoms with E-state index in [-0.39, 0.29) is 5.97 Å². The summed E-state index contributed by atoms with van der Waals surface area (Å²) in [4.78, 5) is 13.7. The van der Waals surface area contributed by atoms with Crippen molar-refractivity contribution in [3.63, 3.8) is 0 Å². The van der Waals surface area contributed by atoms with Crippen molar-refractivity contribution < 1.29 is 9.53 Å². The van der Waals surface area contributed by atoms with Gasteiger partial charge in [-0.25, -0.2) is 4.79 Å². The van der Waals surface area contributed by atoms with Crippen LogP contribution in [0.4, 0.5) is 10.7 Å². The van der Waals surface area contributed by atoms with Gasteiger partial charge in [0.25, 0.3) is 0 Å². The Labute approximate surface area is 169 Å². The second-order valence-electron chi connectivity index (χ2n) is 7.46. The molecule has 1 aromatic carbocycles. The molecule has 0 amide bonds. The lowest BCUT2D eigenvalue weighted by Gasteiger charge is -2.18. The summed E-state index contributed by atoms with van der Waals surface area (Å²) < 4.78 is 5.04. The monoisotopic (exact) mass is 400 g/mol. The van der Waals surface area contributed by atoms with Crippen molar-refractivity contribution in [3.05, 3.63) is 45.3 Å². The highest BCUT2D eigenvalue weighted by Gasteiger charge is 2.28. The summed E-state index contributed by atoms with van der Waals surface area (Å²) in [5.41, 5.74) is 5.61. The van der Waals surface area contributed by atoms with E-state index < -0.39 is 0 Å². The molecule has 0 saturated carbocycles. The molecule has 142 valence electrons. The van der Waals surface area contributed by atoms with Crippen molar-refractivity contribution >= 4 is 45.3 Å². The fourth-order valence-electron chi connectivity index (χ4n) is 4.07. The standard InChI is InChI=1S/C21H24N2O2S2/c1-12-6-9-16-17(10-12)27-19(18(16)20(24)25-2)23-21(26)22-15-8-7-13-4-3-5-14(13)11-15/h7-8,11-12H,3-6,9-10H2,1-2H3,(H2,22,23,26)/t12-/m1/s1. The average molecular weight is 401 g/mol. The third-order valence-electron chi connectivity index (χ3n) is 5.48. The topological polar surface area (TPSA) is 50.4 Å². The Morgan fingerprint density at radius 3 is 2.85 bits per heavy atom. The first-order chi connectivity index (χ1) is 13.0. The van der Waals surface area contributed by atoms with Gasteiger partial charge in [0.2, 0.25) is 0 Å². The van der Waals surface area contributed by atoms with E-state index in [1.807, 2.05) is 0 Å². The van der Waals surface area contributed by atoms with E-state index in [1.54, 1.807) is 11.3 Å². The predicted molar refractivity (Wildman–Crippen MR) is 115 cm³/mol. The zero-order valence-electron chi connectivity index (χ0n) is 15.7. The Balaban J connectivity index is 1.54. The number of thiocarbonyl (C=S) groups is 1. The average Bonchev–Trinajstić information content (AvgIpc) is 3.24. The van der Waals surface area contributed by atoms with Crippen LogP contribution in [0.25, 0.3) is 0 Å². The number of carbonyl (C=O) groups is 1. The van der Waals surface area contributed by atoms with Crippen molar-refractivity contribution in [2.45, 2.75) is 45.4 Å². The Bertz CT molecular complexity index is 904. The number of methoxy groups -OCH3 is 1. The number of benzene rings is 1. The van der Waals surface area contributed by atoms with Crippen molar-refractivity contribution in [3.8, 4) is 0 Å². The Hall–Kier alpha value is -1.92. The summed E-state index contributed by atoms with van der Waals surface area (Å²) in [6.45, 7) is 2.26. The lowest BCUT2D eigenvalue weighted by molar-refractivity contribution is 0.0601. The molecule has 6 heteroatoms. The lowest BCUT2D eigenvalue weighted by atomic mass is 9.88. The molecule has 0 radical (unpaired) electrons. The highest BCUT2D eigenvalue weighted by molar-refractivity contribution is 7.80. The third kappa shape index (κ3) is 3.73. The number of hydrogen-bond donors (Lipinski definition) is 2. The minimum absolute atomic E-state index is 0.287. The van der Waals surface area contributed by atoms with Crippen LogP contribution >= 0.6 is 23.6 Å². The van der Waals surface area contributed by atoms with Gasteiger partial charge < -0.3 is 15.4 Å². The van der Waals surface area contributed by atoms with Crippen molar-refractivity contribution in [1.29, 1.82) is 0 Å². The number of aryl methyl sites for hydroxylation is 2. The molecular formula is C21H24N2O2S2. The first-order valence-electron chi connectivity index (χ1n) is 9.47. The molecule has 1 heterocycles. The molecule has 2 N–H and O–H groups in total. The summed E-state index contributed by atoms with van der Waals surface area (Å²) in [7, 11) is 1.43. The molecule has 2 aliphatic rings. The second-order valence-corrected chi connectivity index (χ2v) is 8.98. The van der Waals surface area contributed by atoms with Crippen molar-refractivity contribution in [2.75, 3.05) is 17.7 Å². The van der Waals surface area contributed by atoms with Crippen LogP contribution in [-0.2, 0) is 30.4 Å². The van der Waals surface area contributed by atoms with Crippen LogP contribution < -0.4 is 10.6 Å². The van der Waals surface area contributed by atoms with Gasteiger partial charge in [-0.2, -0.15) is 0 Å². The molecular weight excluding hydrogens is 376 g/mol. The summed E-state index contributed by atoms with van der Waals surface area (Å²) in [6.07, 6.45) is 6.56. The minimum Gasteiger partial charge on any atom is -0.465 e. The molecule has 1 atom stereocenters. The lowest BCUT2D eigenvalue weighted by Crippen LogP contribution is -2.20. The van der Waals surface area contributed by atoms with Crippen LogP contribution in [0.15, 0.2) is 18.2 Å². The van der Waals surface area contributed by atoms with E-state index in [9.17, 15) is 4.79 Å². The van der Waals surface area contributed by atoms with Crippen LogP contribution in [0.3, 0.4) is 0 Å². The van der Waals surface area contributed by atoms with E-state index in [2.05, 4.69) is 35.8 Å². The zero-order valence-corrected chi connectivity index (χ0v) is 17.3. The molecule has 4 rings (SSSR count). The van der Waals surface area contributed by atoms with Crippen LogP contribution in [0.1, 0.15) is 51.7 Å². The smallest absolute Gasteiger partial charge is 0.341 e. The van der Waals surface area contributed by atoms with Gasteiger partial charge in [0, 0.05) is 10.6 Å². The first-order valence-corrected chi connectivity index (χ1v) is 10.7. The number of esters is 1. The predicted octanol–water partition coefficient (Wildman–Crippen LogP) is 4.96. The Kier molecular flexibility index (Phi) is 5.19. The fourth-order valence-corrected chi connectivity index (χ4v) is 5.76. The highest BCUT2D eigenvalue weighted by atomic mass is 32.1. The zero-order chi connectivity index (χ0) is 19.0. The maximum absolute atomic E-state index is 12.4. The molecule has 0 unspecified atom stereocenters. The number of rotatable bonds is 3. The molecule has 27 heavy (non-hydrogen) atoms. The number of fused-ring (bicyclic) bond motifs is 2. The maximum atomic E-state index is 12.4. The SMILES string of the molecule is COC(=O)c1c(NC(=S)Nc2ccc3c(c2)CCC3)sc2c1CC[C@@H](C)C2. The van der Waals surface area contributed by atoms with Crippen LogP contribution in [0.2, 0.25) is 0 Å². The Morgan fingerprint density at radius 2 is 2.04 bits per heavy atom. The van der Waals surface area contributed by atoms with Gasteiger partial charge in [-0.1, -0.05) is 13.0 Å². The number of thiophene rings is 1. The van der Waals surface area contributed by atoms with Gasteiger partial charge in [-0.05, 0) is 85.5 Å². The molecule has 0 spiro atoms. The molecule has 0 bridgehead atoms. The molecule has 0 saturated heterocycles. The maximum Gasteiger partial charge on any atom is 0.341 e. The van der Waals surface area contributed by atoms with E-state index in [0.717, 1.165) is 41.9 Å². The van der Waals surface area contributed by atoms with Gasteiger partial charge in [-0.15, -0.1) is 11.3 Å². The molecule has 2 aliphatic carbocycles. The number of ether oxygens (including phenoxy) is 1. The first kappa shape index (κ1) is 18.4. The van der Waals surface area contributed by atoms with Gasteiger partial charge in [0.15, 0.2) is 5.11 Å². The van der Waals surface area contributed by atoms with Gasteiger partial charge >= 0.3 is 5.97 Å². The minimum atomic E-state index is -0.287. The van der Waals surface area contributed by atoms with Crippen molar-refractivity contribution in [2.24, 2.45) is 5.92 Å². The van der Waals surface area contributed by atoms with Gasteiger partial charge in [0.1, 0.15) is 5.00 Å². The molecule has 1 aromatic heterocycles. The highest BCUT2D eigenvalue weighted by Crippen LogP contribution is 2.40. The fraction of sp³-hybridized carbons (Fsp3) is 0.429. The van der Waals surface area contributed by atoms with Gasteiger partial charge in [-0.3, -0.25) is 0 Å². The summed E-state index contributed by atoms with van der Waals surface area (Å²) in [5, 5.41) is 7.82. The molecule has 0 fully saturated rings. The number of carbonyl (C=O) groups excluding carboxylic acids is 1. The van der Waals surface area contributed by atoms with E-state index in [0.29, 0.717) is 16.6 Å². The van der Waals surface area contributed by atoms with E-state index in [1.165, 1.54) is 36.0 Å². The summed E-state index contributed by atoms with van der Waals surface area (Å²) >= 11 is 7.15. The third-order valence-corrected chi connectivity index (χ3v) is 6.86. The van der Waals surface area contributed by atoms with E-state index >= 15 is 0 Å². The number of anilines is 2. The molecule has 4 nitrogen and oxygen atoms in total. The molecule has 2 aromatic rings. The number of nitrogens with one attached hydrogen (secondary N) is 2. The van der Waals surface area contributed by atoms with Crippen molar-refractivity contribution in [1.82, 2.24) is 0 Å². The quantitative estimate of drug-likeness (QED) is 0.563. The van der Waals surface area contributed by atoms with Crippen LogP contribution in [0.5, 0.6) is 0 Å². The normalized spacial score (nSPS) is 17.8. The largest absolute Gasteiger partial charge is 0.465 e. The van der Waals surface area contributed by atoms with Gasteiger partial charge in [0.05, 0.1) is 12.7 Å². The molecule has 0 aliphatic heterocycles. The summed E-state index contributed by atoms with van der Waals surface area (Å²) in [5.74, 6) is 0.357.